The van der Waals surface area contributed by atoms with Gasteiger partial charge < -0.3 is 20.6 Å². The molecule has 0 aliphatic heterocycles. The minimum absolute atomic E-state index is 0.0616. The van der Waals surface area contributed by atoms with Crippen LogP contribution in [0.25, 0.3) is 28.5 Å². The van der Waals surface area contributed by atoms with Gasteiger partial charge in [0, 0.05) is 29.6 Å². The second-order valence-corrected chi connectivity index (χ2v) is 5.60. The molecule has 0 spiro atoms. The van der Waals surface area contributed by atoms with Gasteiger partial charge in [-0.15, -0.1) is 0 Å². The van der Waals surface area contributed by atoms with Crippen molar-refractivity contribution in [3.8, 4) is 17.1 Å². The molecule has 3 aromatic rings. The summed E-state index contributed by atoms with van der Waals surface area (Å²) in [6.07, 6.45) is 6.52. The van der Waals surface area contributed by atoms with Crippen molar-refractivity contribution in [1.82, 2.24) is 19.9 Å². The van der Waals surface area contributed by atoms with Gasteiger partial charge in [-0.25, -0.2) is 19.3 Å². The van der Waals surface area contributed by atoms with E-state index in [0.717, 1.165) is 0 Å². The average Bonchev–Trinajstić information content (AvgIpc) is 3.01. The summed E-state index contributed by atoms with van der Waals surface area (Å²) in [6.45, 7) is 1.46. The number of carbonyl (C=O) groups excluding carboxylic acids is 1. The van der Waals surface area contributed by atoms with E-state index in [1.165, 1.54) is 37.5 Å². The standard InChI is InChI=1S/C17H16FN5O3/c1-9(24)8-26-17-12(18)4-11(6-22-17)13-7-21-16-15(23-13)10(5-20-16)2-3-14(19)25/h2-7,9,24H,8H2,1H3,(H2,19,25)(H,20,21)/b3-2+. The Hall–Kier alpha value is -3.33. The first kappa shape index (κ1) is 17.5. The molecular formula is C17H16FN5O3. The largest absolute Gasteiger partial charge is 0.473 e. The van der Waals surface area contributed by atoms with Gasteiger partial charge in [0.05, 0.1) is 18.0 Å². The number of nitrogens with one attached hydrogen (secondary N) is 1. The van der Waals surface area contributed by atoms with Crippen LogP contribution in [0.3, 0.4) is 0 Å². The first-order valence-corrected chi connectivity index (χ1v) is 7.72. The van der Waals surface area contributed by atoms with Crippen LogP contribution in [0, 0.1) is 5.82 Å². The molecule has 26 heavy (non-hydrogen) atoms. The Morgan fingerprint density at radius 2 is 2.27 bits per heavy atom. The molecular weight excluding hydrogens is 341 g/mol. The second kappa shape index (κ2) is 7.28. The van der Waals surface area contributed by atoms with Crippen LogP contribution in [0.4, 0.5) is 4.39 Å². The van der Waals surface area contributed by atoms with Crippen LogP contribution < -0.4 is 10.5 Å². The first-order valence-electron chi connectivity index (χ1n) is 7.72. The molecule has 8 nitrogen and oxygen atoms in total. The van der Waals surface area contributed by atoms with Crippen molar-refractivity contribution in [2.75, 3.05) is 6.61 Å². The van der Waals surface area contributed by atoms with Crippen molar-refractivity contribution in [2.24, 2.45) is 5.73 Å². The van der Waals surface area contributed by atoms with Crippen LogP contribution >= 0.6 is 0 Å². The Morgan fingerprint density at radius 1 is 1.46 bits per heavy atom. The number of halogens is 1. The molecule has 134 valence electrons. The summed E-state index contributed by atoms with van der Waals surface area (Å²) in [5.41, 5.74) is 7.56. The van der Waals surface area contributed by atoms with Crippen LogP contribution in [-0.4, -0.2) is 43.7 Å². The van der Waals surface area contributed by atoms with Gasteiger partial charge in [-0.1, -0.05) is 0 Å². The number of aromatic amines is 1. The van der Waals surface area contributed by atoms with Gasteiger partial charge in [-0.2, -0.15) is 0 Å². The van der Waals surface area contributed by atoms with Crippen LogP contribution in [0.2, 0.25) is 0 Å². The summed E-state index contributed by atoms with van der Waals surface area (Å²) < 4.78 is 19.2. The summed E-state index contributed by atoms with van der Waals surface area (Å²) in [5.74, 6) is -1.45. The zero-order chi connectivity index (χ0) is 18.7. The van der Waals surface area contributed by atoms with Crippen molar-refractivity contribution >= 4 is 23.1 Å². The number of amides is 1. The van der Waals surface area contributed by atoms with Crippen molar-refractivity contribution in [2.45, 2.75) is 13.0 Å². The number of aliphatic hydroxyl groups is 1. The SMILES string of the molecule is CC(O)COc1ncc(-c2cnc3[nH]cc(/C=C/C(N)=O)c3n2)cc1F. The van der Waals surface area contributed by atoms with E-state index >= 15 is 0 Å². The number of aromatic nitrogens is 4. The monoisotopic (exact) mass is 357 g/mol. The minimum atomic E-state index is -0.732. The summed E-state index contributed by atoms with van der Waals surface area (Å²) in [6, 6.07) is 1.23. The molecule has 3 rings (SSSR count). The molecule has 1 atom stereocenters. The smallest absolute Gasteiger partial charge is 0.250 e. The van der Waals surface area contributed by atoms with Crippen LogP contribution in [0.15, 0.2) is 30.7 Å². The number of ether oxygens (including phenoxy) is 1. The number of nitrogens with two attached hydrogens (primary N) is 1. The molecule has 0 aromatic carbocycles. The minimum Gasteiger partial charge on any atom is -0.473 e. The van der Waals surface area contributed by atoms with Gasteiger partial charge in [0.25, 0.3) is 0 Å². The first-order chi connectivity index (χ1) is 12.4. The van der Waals surface area contributed by atoms with E-state index in [0.29, 0.717) is 28.0 Å². The van der Waals surface area contributed by atoms with Crippen LogP contribution in [-0.2, 0) is 4.79 Å². The third-order valence-corrected chi connectivity index (χ3v) is 3.40. The number of hydrogen-bond acceptors (Lipinski definition) is 6. The van der Waals surface area contributed by atoms with Crippen molar-refractivity contribution < 1.29 is 19.0 Å². The van der Waals surface area contributed by atoms with Crippen molar-refractivity contribution in [3.63, 3.8) is 0 Å². The number of nitrogens with zero attached hydrogens (tertiary/aromatic N) is 3. The third kappa shape index (κ3) is 3.83. The molecule has 3 heterocycles. The van der Waals surface area contributed by atoms with Gasteiger partial charge in [0.2, 0.25) is 11.8 Å². The quantitative estimate of drug-likeness (QED) is 0.573. The lowest BCUT2D eigenvalue weighted by Gasteiger charge is -2.08. The van der Waals surface area contributed by atoms with Crippen molar-refractivity contribution in [1.29, 1.82) is 0 Å². The summed E-state index contributed by atoms with van der Waals surface area (Å²) >= 11 is 0. The van der Waals surface area contributed by atoms with Crippen molar-refractivity contribution in [3.05, 3.63) is 42.1 Å². The maximum Gasteiger partial charge on any atom is 0.250 e. The third-order valence-electron chi connectivity index (χ3n) is 3.40. The molecule has 3 aromatic heterocycles. The lowest BCUT2D eigenvalue weighted by molar-refractivity contribution is -0.113. The molecule has 0 radical (unpaired) electrons. The van der Waals surface area contributed by atoms with E-state index in [1.54, 1.807) is 6.20 Å². The summed E-state index contributed by atoms with van der Waals surface area (Å²) in [5, 5.41) is 9.19. The Balaban J connectivity index is 1.93. The van der Waals surface area contributed by atoms with E-state index in [2.05, 4.69) is 19.9 Å². The second-order valence-electron chi connectivity index (χ2n) is 5.60. The highest BCUT2D eigenvalue weighted by Crippen LogP contribution is 2.24. The average molecular weight is 357 g/mol. The fraction of sp³-hybridized carbons (Fsp3) is 0.176. The lowest BCUT2D eigenvalue weighted by Crippen LogP contribution is -2.14. The highest BCUT2D eigenvalue weighted by Gasteiger charge is 2.12. The van der Waals surface area contributed by atoms with Gasteiger partial charge in [0.15, 0.2) is 11.5 Å². The number of carbonyl (C=O) groups is 1. The molecule has 0 saturated heterocycles. The Kier molecular flexibility index (Phi) is 4.90. The van der Waals surface area contributed by atoms with Crippen LogP contribution in [0.5, 0.6) is 5.88 Å². The molecule has 1 unspecified atom stereocenters. The lowest BCUT2D eigenvalue weighted by atomic mass is 10.2. The normalized spacial score (nSPS) is 12.6. The van der Waals surface area contributed by atoms with E-state index < -0.39 is 17.8 Å². The number of primary amides is 1. The maximum atomic E-state index is 14.1. The highest BCUT2D eigenvalue weighted by molar-refractivity contribution is 5.93. The fourth-order valence-corrected chi connectivity index (χ4v) is 2.22. The van der Waals surface area contributed by atoms with Gasteiger partial charge in [0.1, 0.15) is 12.1 Å². The number of rotatable bonds is 6. The van der Waals surface area contributed by atoms with E-state index in [1.807, 2.05) is 0 Å². The predicted octanol–water partition coefficient (Wildman–Crippen LogP) is 1.42. The fourth-order valence-electron chi connectivity index (χ4n) is 2.22. The van der Waals surface area contributed by atoms with Crippen LogP contribution in [0.1, 0.15) is 12.5 Å². The van der Waals surface area contributed by atoms with Gasteiger partial charge >= 0.3 is 0 Å². The zero-order valence-electron chi connectivity index (χ0n) is 13.8. The van der Waals surface area contributed by atoms with Gasteiger partial charge in [-0.3, -0.25) is 4.79 Å². The summed E-state index contributed by atoms with van der Waals surface area (Å²) in [4.78, 5) is 26.4. The maximum absolute atomic E-state index is 14.1. The Labute approximate surface area is 147 Å². The molecule has 9 heteroatoms. The molecule has 0 aliphatic rings. The number of fused-ring (bicyclic) bond motifs is 1. The summed E-state index contributed by atoms with van der Waals surface area (Å²) in [7, 11) is 0. The molecule has 0 bridgehead atoms. The van der Waals surface area contributed by atoms with E-state index in [-0.39, 0.29) is 12.5 Å². The Bertz CT molecular complexity index is 984. The molecule has 0 fully saturated rings. The topological polar surface area (TPSA) is 127 Å². The highest BCUT2D eigenvalue weighted by atomic mass is 19.1. The Morgan fingerprint density at radius 3 is 2.96 bits per heavy atom. The molecule has 1 amide bonds. The van der Waals surface area contributed by atoms with E-state index in [9.17, 15) is 14.3 Å². The number of hydrogen-bond donors (Lipinski definition) is 3. The molecule has 0 aliphatic carbocycles. The number of H-pyrrole nitrogens is 1. The zero-order valence-corrected chi connectivity index (χ0v) is 13.8. The van der Waals surface area contributed by atoms with Gasteiger partial charge in [-0.05, 0) is 19.1 Å². The molecule has 0 saturated carbocycles. The number of pyridine rings is 1. The number of aliphatic hydroxyl groups excluding tert-OH is 1. The predicted molar refractivity (Wildman–Crippen MR) is 92.5 cm³/mol. The van der Waals surface area contributed by atoms with E-state index in [4.69, 9.17) is 10.5 Å². The molecule has 4 N–H and O–H groups in total.